The van der Waals surface area contributed by atoms with Crippen LogP contribution in [0.3, 0.4) is 0 Å². The zero-order valence-electron chi connectivity index (χ0n) is 5.89. The van der Waals surface area contributed by atoms with Crippen molar-refractivity contribution in [2.24, 2.45) is 0 Å². The normalized spacial score (nSPS) is 10.7. The van der Waals surface area contributed by atoms with Gasteiger partial charge in [-0.3, -0.25) is 0 Å². The standard InChI is InChI=1S/C6H6BrF2N3/c7-2-1-3(10)12-6(11)4(2)5(8)9/h1,5H,(H4,10,11,12). The van der Waals surface area contributed by atoms with Crippen LogP contribution in [-0.4, -0.2) is 4.98 Å². The highest BCUT2D eigenvalue weighted by atomic mass is 79.9. The second-order valence-electron chi connectivity index (χ2n) is 2.13. The van der Waals surface area contributed by atoms with Gasteiger partial charge in [-0.2, -0.15) is 0 Å². The molecule has 66 valence electrons. The number of hydrogen-bond donors (Lipinski definition) is 2. The summed E-state index contributed by atoms with van der Waals surface area (Å²) in [6.45, 7) is 0. The molecule has 0 saturated carbocycles. The van der Waals surface area contributed by atoms with Gasteiger partial charge in [0.05, 0.1) is 5.56 Å². The van der Waals surface area contributed by atoms with Gasteiger partial charge in [-0.05, 0) is 6.07 Å². The summed E-state index contributed by atoms with van der Waals surface area (Å²) in [6.07, 6.45) is -2.65. The summed E-state index contributed by atoms with van der Waals surface area (Å²) in [5.41, 5.74) is 10.2. The van der Waals surface area contributed by atoms with Crippen LogP contribution >= 0.6 is 15.9 Å². The molecule has 1 aromatic heterocycles. The van der Waals surface area contributed by atoms with E-state index in [-0.39, 0.29) is 21.7 Å². The van der Waals surface area contributed by atoms with Crippen LogP contribution in [0.2, 0.25) is 0 Å². The van der Waals surface area contributed by atoms with Crippen molar-refractivity contribution < 1.29 is 8.78 Å². The molecule has 1 heterocycles. The maximum atomic E-state index is 12.2. The zero-order chi connectivity index (χ0) is 9.30. The third-order valence-corrected chi connectivity index (χ3v) is 1.93. The molecule has 0 saturated heterocycles. The van der Waals surface area contributed by atoms with Gasteiger partial charge in [0.25, 0.3) is 6.43 Å². The van der Waals surface area contributed by atoms with E-state index in [0.29, 0.717) is 0 Å². The quantitative estimate of drug-likeness (QED) is 0.785. The number of halogens is 3. The lowest BCUT2D eigenvalue weighted by molar-refractivity contribution is 0.151. The minimum atomic E-state index is -2.65. The molecule has 0 spiro atoms. The van der Waals surface area contributed by atoms with Gasteiger partial charge in [-0.1, -0.05) is 15.9 Å². The molecule has 3 nitrogen and oxygen atoms in total. The molecule has 0 amide bonds. The predicted molar refractivity (Wildman–Crippen MR) is 45.7 cm³/mol. The Labute approximate surface area is 75.9 Å². The predicted octanol–water partition coefficient (Wildman–Crippen LogP) is 1.95. The van der Waals surface area contributed by atoms with Crippen LogP contribution in [0.1, 0.15) is 12.0 Å². The minimum absolute atomic E-state index is 0.115. The number of nitrogens with zero attached hydrogens (tertiary/aromatic N) is 1. The highest BCUT2D eigenvalue weighted by Gasteiger charge is 2.16. The second-order valence-corrected chi connectivity index (χ2v) is 2.98. The molecule has 6 heteroatoms. The molecule has 0 aromatic carbocycles. The van der Waals surface area contributed by atoms with Crippen molar-refractivity contribution in [2.75, 3.05) is 11.5 Å². The molecule has 0 aliphatic heterocycles. The van der Waals surface area contributed by atoms with E-state index in [4.69, 9.17) is 11.5 Å². The van der Waals surface area contributed by atoms with E-state index in [1.807, 2.05) is 0 Å². The second kappa shape index (κ2) is 3.22. The van der Waals surface area contributed by atoms with E-state index >= 15 is 0 Å². The van der Waals surface area contributed by atoms with Crippen LogP contribution < -0.4 is 11.5 Å². The fourth-order valence-electron chi connectivity index (χ4n) is 0.778. The Kier molecular flexibility index (Phi) is 2.46. The van der Waals surface area contributed by atoms with Crippen LogP contribution in [0.25, 0.3) is 0 Å². The van der Waals surface area contributed by atoms with Crippen molar-refractivity contribution in [3.63, 3.8) is 0 Å². The van der Waals surface area contributed by atoms with E-state index in [0.717, 1.165) is 0 Å². The largest absolute Gasteiger partial charge is 0.384 e. The molecule has 0 unspecified atom stereocenters. The number of pyridine rings is 1. The number of nitrogen functional groups attached to an aromatic ring is 2. The first-order chi connectivity index (χ1) is 5.52. The number of hydrogen-bond acceptors (Lipinski definition) is 3. The summed E-state index contributed by atoms with van der Waals surface area (Å²) in [4.78, 5) is 3.50. The van der Waals surface area contributed by atoms with Crippen molar-refractivity contribution in [3.8, 4) is 0 Å². The summed E-state index contributed by atoms with van der Waals surface area (Å²) in [6, 6.07) is 1.29. The van der Waals surface area contributed by atoms with Crippen molar-refractivity contribution >= 4 is 27.6 Å². The summed E-state index contributed by atoms with van der Waals surface area (Å²) in [5.74, 6) is -0.124. The van der Waals surface area contributed by atoms with E-state index in [1.54, 1.807) is 0 Å². The van der Waals surface area contributed by atoms with Crippen LogP contribution in [0.15, 0.2) is 10.5 Å². The highest BCUT2D eigenvalue weighted by Crippen LogP contribution is 2.32. The topological polar surface area (TPSA) is 64.9 Å². The molecule has 0 aliphatic carbocycles. The molecule has 12 heavy (non-hydrogen) atoms. The SMILES string of the molecule is Nc1cc(Br)c(C(F)F)c(N)n1. The Hall–Kier alpha value is -0.910. The van der Waals surface area contributed by atoms with Gasteiger partial charge in [0, 0.05) is 4.47 Å². The van der Waals surface area contributed by atoms with Gasteiger partial charge in [-0.15, -0.1) is 0 Å². The molecular formula is C6H6BrF2N3. The Morgan fingerprint density at radius 2 is 2.00 bits per heavy atom. The number of anilines is 2. The molecule has 0 aliphatic rings. The molecule has 1 aromatic rings. The van der Waals surface area contributed by atoms with Gasteiger partial charge in [0.2, 0.25) is 0 Å². The van der Waals surface area contributed by atoms with E-state index in [9.17, 15) is 8.78 Å². The van der Waals surface area contributed by atoms with Crippen LogP contribution in [-0.2, 0) is 0 Å². The Morgan fingerprint density at radius 3 is 2.42 bits per heavy atom. The van der Waals surface area contributed by atoms with Gasteiger partial charge in [-0.25, -0.2) is 13.8 Å². The molecule has 0 bridgehead atoms. The first-order valence-corrected chi connectivity index (χ1v) is 3.81. The van der Waals surface area contributed by atoms with Gasteiger partial charge < -0.3 is 11.5 Å². The fraction of sp³-hybridized carbons (Fsp3) is 0.167. The summed E-state index contributed by atoms with van der Waals surface area (Å²) in [5, 5.41) is 0. The number of aromatic nitrogens is 1. The lowest BCUT2D eigenvalue weighted by Crippen LogP contribution is -2.02. The average Bonchev–Trinajstić information content (AvgIpc) is 1.82. The Morgan fingerprint density at radius 1 is 1.42 bits per heavy atom. The van der Waals surface area contributed by atoms with Gasteiger partial charge in [0.15, 0.2) is 0 Å². The van der Waals surface area contributed by atoms with Crippen LogP contribution in [0.4, 0.5) is 20.4 Å². The Balaban J connectivity index is 3.28. The van der Waals surface area contributed by atoms with Crippen molar-refractivity contribution in [1.82, 2.24) is 4.98 Å². The molecular weight excluding hydrogens is 232 g/mol. The third-order valence-electron chi connectivity index (χ3n) is 1.28. The van der Waals surface area contributed by atoms with Crippen molar-refractivity contribution in [1.29, 1.82) is 0 Å². The van der Waals surface area contributed by atoms with Crippen molar-refractivity contribution in [2.45, 2.75) is 6.43 Å². The average molecular weight is 238 g/mol. The fourth-order valence-corrected chi connectivity index (χ4v) is 1.39. The summed E-state index contributed by atoms with van der Waals surface area (Å²) >= 11 is 2.92. The smallest absolute Gasteiger partial charge is 0.268 e. The van der Waals surface area contributed by atoms with E-state index in [2.05, 4.69) is 20.9 Å². The van der Waals surface area contributed by atoms with Crippen molar-refractivity contribution in [3.05, 3.63) is 16.1 Å². The number of alkyl halides is 2. The van der Waals surface area contributed by atoms with Gasteiger partial charge >= 0.3 is 0 Å². The monoisotopic (exact) mass is 237 g/mol. The highest BCUT2D eigenvalue weighted by molar-refractivity contribution is 9.10. The summed E-state index contributed by atoms with van der Waals surface area (Å²) in [7, 11) is 0. The first-order valence-electron chi connectivity index (χ1n) is 3.02. The third kappa shape index (κ3) is 1.63. The summed E-state index contributed by atoms with van der Waals surface area (Å²) < 4.78 is 24.6. The molecule has 0 fully saturated rings. The molecule has 0 atom stereocenters. The molecule has 0 radical (unpaired) electrons. The minimum Gasteiger partial charge on any atom is -0.384 e. The lowest BCUT2D eigenvalue weighted by Gasteiger charge is -2.06. The molecule has 4 N–H and O–H groups in total. The Bertz CT molecular complexity index is 280. The number of nitrogens with two attached hydrogens (primary N) is 2. The first kappa shape index (κ1) is 9.18. The maximum absolute atomic E-state index is 12.2. The van der Waals surface area contributed by atoms with Gasteiger partial charge in [0.1, 0.15) is 11.6 Å². The zero-order valence-corrected chi connectivity index (χ0v) is 7.48. The van der Waals surface area contributed by atoms with E-state index < -0.39 is 6.43 Å². The van der Waals surface area contributed by atoms with Crippen LogP contribution in [0, 0.1) is 0 Å². The maximum Gasteiger partial charge on any atom is 0.268 e. The van der Waals surface area contributed by atoms with Crippen LogP contribution in [0.5, 0.6) is 0 Å². The lowest BCUT2D eigenvalue weighted by atomic mass is 10.2. The van der Waals surface area contributed by atoms with E-state index in [1.165, 1.54) is 6.07 Å². The number of rotatable bonds is 1. The molecule has 1 rings (SSSR count).